The molecule has 10 heteroatoms. The molecule has 0 spiro atoms. The van der Waals surface area contributed by atoms with Crippen LogP contribution in [0.1, 0.15) is 29.5 Å². The minimum atomic E-state index is -4.65. The Bertz CT molecular complexity index is 982. The molecule has 0 aliphatic carbocycles. The Hall–Kier alpha value is -2.81. The largest absolute Gasteiger partial charge is 0.416 e. The number of benzene rings is 2. The summed E-state index contributed by atoms with van der Waals surface area (Å²) in [6.07, 6.45) is -3.52. The van der Waals surface area contributed by atoms with Crippen LogP contribution in [0.3, 0.4) is 0 Å². The third kappa shape index (κ3) is 5.70. The van der Waals surface area contributed by atoms with Crippen molar-refractivity contribution in [1.82, 2.24) is 15.1 Å². The summed E-state index contributed by atoms with van der Waals surface area (Å²) in [6.45, 7) is 0.409. The van der Waals surface area contributed by atoms with Crippen molar-refractivity contribution in [1.29, 1.82) is 0 Å². The van der Waals surface area contributed by atoms with Crippen LogP contribution in [0.15, 0.2) is 42.5 Å². The molecule has 0 aromatic heterocycles. The number of alkyl halides is 3. The summed E-state index contributed by atoms with van der Waals surface area (Å²) in [5.74, 6) is -1.29. The van der Waals surface area contributed by atoms with Crippen LogP contribution < -0.4 is 5.32 Å². The van der Waals surface area contributed by atoms with Gasteiger partial charge in [0.25, 0.3) is 0 Å². The molecule has 1 heterocycles. The van der Waals surface area contributed by atoms with Gasteiger partial charge in [0.1, 0.15) is 11.9 Å². The molecule has 0 radical (unpaired) electrons. The lowest BCUT2D eigenvalue weighted by atomic mass is 10.1. The van der Waals surface area contributed by atoms with Gasteiger partial charge in [-0.3, -0.25) is 4.79 Å². The molecule has 1 saturated heterocycles. The van der Waals surface area contributed by atoms with Crippen molar-refractivity contribution in [3.63, 3.8) is 0 Å². The highest BCUT2D eigenvalue weighted by Crippen LogP contribution is 2.30. The van der Waals surface area contributed by atoms with Crippen molar-refractivity contribution >= 4 is 23.5 Å². The third-order valence-electron chi connectivity index (χ3n) is 5.32. The maximum Gasteiger partial charge on any atom is 0.416 e. The average molecular weight is 472 g/mol. The highest BCUT2D eigenvalue weighted by Gasteiger charge is 2.36. The Morgan fingerprint density at radius 3 is 2.50 bits per heavy atom. The SMILES string of the molecule is CN(Cc1ccc(Cl)cc1)C(=O)C1CCCN1C(=O)NCc1ccc(C(F)(F)F)cc1F. The molecule has 3 amide bonds. The highest BCUT2D eigenvalue weighted by molar-refractivity contribution is 6.30. The summed E-state index contributed by atoms with van der Waals surface area (Å²) in [5, 5.41) is 3.09. The number of carbonyl (C=O) groups is 2. The second-order valence-electron chi connectivity index (χ2n) is 7.63. The first kappa shape index (κ1) is 23.8. The second-order valence-corrected chi connectivity index (χ2v) is 8.07. The monoisotopic (exact) mass is 471 g/mol. The molecule has 0 bridgehead atoms. The molecule has 172 valence electrons. The number of likely N-dealkylation sites (tertiary alicyclic amines) is 1. The maximum atomic E-state index is 14.0. The van der Waals surface area contributed by atoms with Gasteiger partial charge in [-0.2, -0.15) is 13.2 Å². The molecule has 2 aromatic carbocycles. The summed E-state index contributed by atoms with van der Waals surface area (Å²) in [4.78, 5) is 28.4. The van der Waals surface area contributed by atoms with E-state index in [1.54, 1.807) is 19.2 Å². The first-order chi connectivity index (χ1) is 15.1. The van der Waals surface area contributed by atoms with Gasteiger partial charge in [-0.1, -0.05) is 29.8 Å². The summed E-state index contributed by atoms with van der Waals surface area (Å²) in [5.41, 5.74) is -0.288. The van der Waals surface area contributed by atoms with E-state index in [1.165, 1.54) is 9.80 Å². The predicted molar refractivity (Wildman–Crippen MR) is 111 cm³/mol. The van der Waals surface area contributed by atoms with Gasteiger partial charge in [-0.15, -0.1) is 0 Å². The number of nitrogens with one attached hydrogen (secondary N) is 1. The smallest absolute Gasteiger partial charge is 0.340 e. The van der Waals surface area contributed by atoms with Crippen LogP contribution in [-0.2, 0) is 24.1 Å². The Morgan fingerprint density at radius 2 is 1.88 bits per heavy atom. The molecular formula is C22H22ClF4N3O2. The van der Waals surface area contributed by atoms with Gasteiger partial charge in [0, 0.05) is 37.3 Å². The normalized spacial score (nSPS) is 16.2. The van der Waals surface area contributed by atoms with Crippen LogP contribution in [0.2, 0.25) is 5.02 Å². The number of carbonyl (C=O) groups excluding carboxylic acids is 2. The Kier molecular flexibility index (Phi) is 7.28. The molecular weight excluding hydrogens is 450 g/mol. The summed E-state index contributed by atoms with van der Waals surface area (Å²) in [7, 11) is 1.64. The van der Waals surface area contributed by atoms with Crippen LogP contribution >= 0.6 is 11.6 Å². The van der Waals surface area contributed by atoms with Gasteiger partial charge >= 0.3 is 12.2 Å². The lowest BCUT2D eigenvalue weighted by molar-refractivity contribution is -0.137. The van der Waals surface area contributed by atoms with Gasteiger partial charge in [0.15, 0.2) is 0 Å². The molecule has 1 atom stereocenters. The molecule has 1 fully saturated rings. The number of urea groups is 1. The molecule has 3 rings (SSSR count). The molecule has 1 N–H and O–H groups in total. The van der Waals surface area contributed by atoms with E-state index in [9.17, 15) is 27.2 Å². The third-order valence-corrected chi connectivity index (χ3v) is 5.57. The predicted octanol–water partition coefficient (Wildman–Crippen LogP) is 4.83. The van der Waals surface area contributed by atoms with E-state index in [0.717, 1.165) is 17.7 Å². The van der Waals surface area contributed by atoms with E-state index in [4.69, 9.17) is 11.6 Å². The number of hydrogen-bond donors (Lipinski definition) is 1. The topological polar surface area (TPSA) is 52.7 Å². The van der Waals surface area contributed by atoms with Crippen molar-refractivity contribution in [2.45, 2.75) is 38.1 Å². The van der Waals surface area contributed by atoms with Gasteiger partial charge in [-0.25, -0.2) is 9.18 Å². The fraction of sp³-hybridized carbons (Fsp3) is 0.364. The second kappa shape index (κ2) is 9.77. The van der Waals surface area contributed by atoms with E-state index in [-0.39, 0.29) is 18.0 Å². The molecule has 1 aliphatic heterocycles. The summed E-state index contributed by atoms with van der Waals surface area (Å²) >= 11 is 5.87. The molecule has 5 nitrogen and oxygen atoms in total. The highest BCUT2D eigenvalue weighted by atomic mass is 35.5. The fourth-order valence-corrected chi connectivity index (χ4v) is 3.73. The molecule has 1 unspecified atom stereocenters. The first-order valence-electron chi connectivity index (χ1n) is 9.96. The van der Waals surface area contributed by atoms with Crippen LogP contribution in [-0.4, -0.2) is 41.4 Å². The van der Waals surface area contributed by atoms with Gasteiger partial charge in [0.05, 0.1) is 5.56 Å². The molecule has 1 aliphatic rings. The lowest BCUT2D eigenvalue weighted by Gasteiger charge is -2.28. The van der Waals surface area contributed by atoms with E-state index in [1.807, 2.05) is 12.1 Å². The van der Waals surface area contributed by atoms with Crippen LogP contribution in [0.25, 0.3) is 0 Å². The number of amides is 3. The zero-order chi connectivity index (χ0) is 23.5. The maximum absolute atomic E-state index is 14.0. The zero-order valence-corrected chi connectivity index (χ0v) is 18.0. The number of rotatable bonds is 5. The number of halogens is 5. The van der Waals surface area contributed by atoms with E-state index >= 15 is 0 Å². The van der Waals surface area contributed by atoms with Crippen LogP contribution in [0.5, 0.6) is 0 Å². The van der Waals surface area contributed by atoms with Gasteiger partial charge < -0.3 is 15.1 Å². The van der Waals surface area contributed by atoms with E-state index < -0.39 is 29.6 Å². The standard InChI is InChI=1S/C22H22ClF4N3O2/c1-29(13-14-4-8-17(23)9-5-14)20(31)19-3-2-10-30(19)21(32)28-12-15-6-7-16(11-18(15)24)22(25,26)27/h4-9,11,19H,2-3,10,12-13H2,1H3,(H,28,32). The molecule has 32 heavy (non-hydrogen) atoms. The molecule has 2 aromatic rings. The van der Waals surface area contributed by atoms with Crippen molar-refractivity contribution in [2.24, 2.45) is 0 Å². The minimum absolute atomic E-state index is 0.0757. The first-order valence-corrected chi connectivity index (χ1v) is 10.3. The fourth-order valence-electron chi connectivity index (χ4n) is 3.60. The van der Waals surface area contributed by atoms with Crippen LogP contribution in [0.4, 0.5) is 22.4 Å². The summed E-state index contributed by atoms with van der Waals surface area (Å²) in [6, 6.07) is 7.99. The van der Waals surface area contributed by atoms with Crippen molar-refractivity contribution < 1.29 is 27.2 Å². The Morgan fingerprint density at radius 1 is 1.19 bits per heavy atom. The van der Waals surface area contributed by atoms with Crippen molar-refractivity contribution in [3.8, 4) is 0 Å². The number of nitrogens with zero attached hydrogens (tertiary/aromatic N) is 2. The molecule has 0 saturated carbocycles. The zero-order valence-electron chi connectivity index (χ0n) is 17.3. The average Bonchev–Trinajstić information content (AvgIpc) is 3.23. The van der Waals surface area contributed by atoms with E-state index in [2.05, 4.69) is 5.32 Å². The minimum Gasteiger partial charge on any atom is -0.340 e. The van der Waals surface area contributed by atoms with Gasteiger partial charge in [0.2, 0.25) is 5.91 Å². The van der Waals surface area contributed by atoms with E-state index in [0.29, 0.717) is 37.0 Å². The lowest BCUT2D eigenvalue weighted by Crippen LogP contribution is -2.49. The quantitative estimate of drug-likeness (QED) is 0.635. The Balaban J connectivity index is 1.60. The van der Waals surface area contributed by atoms with Crippen molar-refractivity contribution in [2.75, 3.05) is 13.6 Å². The summed E-state index contributed by atoms with van der Waals surface area (Å²) < 4.78 is 52.0. The van der Waals surface area contributed by atoms with Crippen LogP contribution in [0, 0.1) is 5.82 Å². The number of likely N-dealkylation sites (N-methyl/N-ethyl adjacent to an activating group) is 1. The Labute approximate surface area is 187 Å². The number of hydrogen-bond acceptors (Lipinski definition) is 2. The van der Waals surface area contributed by atoms with Crippen molar-refractivity contribution in [3.05, 3.63) is 70.0 Å². The van der Waals surface area contributed by atoms with Gasteiger partial charge in [-0.05, 0) is 42.7 Å².